The highest BCUT2D eigenvalue weighted by molar-refractivity contribution is 7.09. The second kappa shape index (κ2) is 10.3. The maximum Gasteiger partial charge on any atom is 0.416 e. The molecule has 0 fully saturated rings. The lowest BCUT2D eigenvalue weighted by Crippen LogP contribution is -2.32. The van der Waals surface area contributed by atoms with E-state index in [1.54, 1.807) is 35.6 Å². The molecule has 36 heavy (non-hydrogen) atoms. The lowest BCUT2D eigenvalue weighted by molar-refractivity contribution is -0.137. The number of thiophene rings is 1. The average Bonchev–Trinajstić information content (AvgIpc) is 3.41. The number of carbonyl (C=O) groups is 1. The van der Waals surface area contributed by atoms with Crippen molar-refractivity contribution < 1.29 is 18.0 Å². The Morgan fingerprint density at radius 1 is 0.944 bits per heavy atom. The largest absolute Gasteiger partial charge is 0.416 e. The molecule has 0 atom stereocenters. The lowest BCUT2D eigenvalue weighted by Gasteiger charge is -2.29. The molecule has 1 amide bonds. The first-order valence-electron chi connectivity index (χ1n) is 11.8. The van der Waals surface area contributed by atoms with E-state index in [1.807, 2.05) is 12.1 Å². The van der Waals surface area contributed by atoms with Crippen LogP contribution in [0.5, 0.6) is 0 Å². The van der Waals surface area contributed by atoms with Crippen LogP contribution in [-0.2, 0) is 25.6 Å². The molecule has 5 rings (SSSR count). The monoisotopic (exact) mass is 506 g/mol. The lowest BCUT2D eigenvalue weighted by atomic mass is 9.97. The van der Waals surface area contributed by atoms with Crippen molar-refractivity contribution in [3.05, 3.63) is 111 Å². The van der Waals surface area contributed by atoms with Crippen molar-refractivity contribution in [3.8, 4) is 11.1 Å². The molecule has 1 N–H and O–H groups in total. The van der Waals surface area contributed by atoms with Gasteiger partial charge in [-0.2, -0.15) is 13.2 Å². The Labute approximate surface area is 212 Å². The molecule has 3 aromatic carbocycles. The van der Waals surface area contributed by atoms with Crippen LogP contribution in [0.4, 0.5) is 18.9 Å². The van der Waals surface area contributed by atoms with Gasteiger partial charge in [0.15, 0.2) is 0 Å². The summed E-state index contributed by atoms with van der Waals surface area (Å²) >= 11 is 1.79. The molecule has 0 radical (unpaired) electrons. The summed E-state index contributed by atoms with van der Waals surface area (Å²) in [6.07, 6.45) is -2.42. The first-order chi connectivity index (χ1) is 17.4. The highest BCUT2D eigenvalue weighted by Gasteiger charge is 2.30. The van der Waals surface area contributed by atoms with E-state index in [0.29, 0.717) is 22.4 Å². The van der Waals surface area contributed by atoms with Crippen LogP contribution in [0, 0.1) is 0 Å². The first kappa shape index (κ1) is 24.3. The van der Waals surface area contributed by atoms with Crippen LogP contribution in [-0.4, -0.2) is 23.9 Å². The molecule has 4 aromatic rings. The molecule has 7 heteroatoms. The zero-order chi connectivity index (χ0) is 25.1. The summed E-state index contributed by atoms with van der Waals surface area (Å²) in [5.41, 5.74) is 4.06. The van der Waals surface area contributed by atoms with E-state index in [4.69, 9.17) is 0 Å². The van der Waals surface area contributed by atoms with Gasteiger partial charge in [-0.3, -0.25) is 9.69 Å². The Bertz CT molecular complexity index is 1350. The number of carbonyl (C=O) groups excluding carboxylic acids is 1. The standard InChI is InChI=1S/C29H25F3N2OS/c30-29(31,32)23-10-7-20(8-11-23)26-5-1-2-6-27(26)28(35)33-24-12-9-22-19-34(15-13-21(22)18-24)16-14-25-4-3-17-36-25/h1-12,17-18H,13-16,19H2,(H,33,35). The van der Waals surface area contributed by atoms with Crippen LogP contribution < -0.4 is 5.32 Å². The first-order valence-corrected chi connectivity index (χ1v) is 12.7. The molecular formula is C29H25F3N2OS. The van der Waals surface area contributed by atoms with E-state index < -0.39 is 11.7 Å². The third-order valence-corrected chi connectivity index (χ3v) is 7.44. The number of amides is 1. The Hall–Kier alpha value is -3.42. The van der Waals surface area contributed by atoms with Gasteiger partial charge in [0.1, 0.15) is 0 Å². The van der Waals surface area contributed by atoms with E-state index in [2.05, 4.69) is 33.8 Å². The van der Waals surface area contributed by atoms with Crippen molar-refractivity contribution in [2.45, 2.75) is 25.6 Å². The van der Waals surface area contributed by atoms with Gasteiger partial charge in [0.2, 0.25) is 0 Å². The number of alkyl halides is 3. The fourth-order valence-corrected chi connectivity index (χ4v) is 5.27. The van der Waals surface area contributed by atoms with Crippen LogP contribution in [0.1, 0.15) is 31.9 Å². The predicted molar refractivity (Wildman–Crippen MR) is 138 cm³/mol. The second-order valence-corrected chi connectivity index (χ2v) is 9.95. The van der Waals surface area contributed by atoms with Gasteiger partial charge in [-0.15, -0.1) is 11.3 Å². The van der Waals surface area contributed by atoms with Crippen LogP contribution in [0.3, 0.4) is 0 Å². The van der Waals surface area contributed by atoms with Crippen LogP contribution in [0.2, 0.25) is 0 Å². The van der Waals surface area contributed by atoms with Crippen molar-refractivity contribution in [2.75, 3.05) is 18.4 Å². The third-order valence-electron chi connectivity index (χ3n) is 6.50. The van der Waals surface area contributed by atoms with Gasteiger partial charge in [0.25, 0.3) is 5.91 Å². The Balaban J connectivity index is 1.28. The third kappa shape index (κ3) is 5.53. The molecule has 184 valence electrons. The summed E-state index contributed by atoms with van der Waals surface area (Å²) in [5, 5.41) is 5.09. The van der Waals surface area contributed by atoms with Crippen LogP contribution in [0.15, 0.2) is 84.2 Å². The molecule has 0 bridgehead atoms. The zero-order valence-corrected chi connectivity index (χ0v) is 20.3. The number of anilines is 1. The minimum Gasteiger partial charge on any atom is -0.322 e. The minimum absolute atomic E-state index is 0.293. The highest BCUT2D eigenvalue weighted by Crippen LogP contribution is 2.32. The van der Waals surface area contributed by atoms with Crippen molar-refractivity contribution in [3.63, 3.8) is 0 Å². The van der Waals surface area contributed by atoms with Gasteiger partial charge in [-0.1, -0.05) is 42.5 Å². The maximum atomic E-state index is 13.2. The number of rotatable bonds is 6. The number of nitrogens with one attached hydrogen (secondary N) is 1. The molecule has 0 saturated heterocycles. The van der Waals surface area contributed by atoms with Gasteiger partial charge >= 0.3 is 6.18 Å². The van der Waals surface area contributed by atoms with Gasteiger partial charge in [-0.05, 0) is 76.9 Å². The van der Waals surface area contributed by atoms with E-state index in [0.717, 1.165) is 44.6 Å². The molecule has 1 aliphatic heterocycles. The highest BCUT2D eigenvalue weighted by atomic mass is 32.1. The molecule has 0 aliphatic carbocycles. The quantitative estimate of drug-likeness (QED) is 0.298. The number of nitrogens with zero attached hydrogens (tertiary/aromatic N) is 1. The van der Waals surface area contributed by atoms with Crippen molar-refractivity contribution in [1.29, 1.82) is 0 Å². The Morgan fingerprint density at radius 3 is 2.50 bits per heavy atom. The van der Waals surface area contributed by atoms with Crippen molar-refractivity contribution in [1.82, 2.24) is 4.90 Å². The molecule has 1 aromatic heterocycles. The summed E-state index contributed by atoms with van der Waals surface area (Å²) in [5.74, 6) is -0.293. The summed E-state index contributed by atoms with van der Waals surface area (Å²) in [6, 6.07) is 22.1. The smallest absolute Gasteiger partial charge is 0.322 e. The zero-order valence-electron chi connectivity index (χ0n) is 19.5. The Morgan fingerprint density at radius 2 is 1.75 bits per heavy atom. The molecule has 2 heterocycles. The Kier molecular flexibility index (Phi) is 6.94. The van der Waals surface area contributed by atoms with E-state index in [-0.39, 0.29) is 5.91 Å². The van der Waals surface area contributed by atoms with E-state index >= 15 is 0 Å². The summed E-state index contributed by atoms with van der Waals surface area (Å²) in [7, 11) is 0. The summed E-state index contributed by atoms with van der Waals surface area (Å²) in [6.45, 7) is 2.90. The number of hydrogen-bond acceptors (Lipinski definition) is 3. The fraction of sp³-hybridized carbons (Fsp3) is 0.207. The van der Waals surface area contributed by atoms with Gasteiger partial charge in [0, 0.05) is 35.8 Å². The maximum absolute atomic E-state index is 13.2. The van der Waals surface area contributed by atoms with Crippen molar-refractivity contribution in [2.24, 2.45) is 0 Å². The van der Waals surface area contributed by atoms with Crippen LogP contribution in [0.25, 0.3) is 11.1 Å². The molecule has 0 spiro atoms. The normalized spacial score (nSPS) is 13.9. The molecule has 0 unspecified atom stereocenters. The fourth-order valence-electron chi connectivity index (χ4n) is 4.57. The topological polar surface area (TPSA) is 32.3 Å². The predicted octanol–water partition coefficient (Wildman–Crippen LogP) is 7.29. The van der Waals surface area contributed by atoms with Gasteiger partial charge in [0.05, 0.1) is 5.56 Å². The second-order valence-electron chi connectivity index (χ2n) is 8.91. The number of hydrogen-bond donors (Lipinski definition) is 1. The number of halogens is 3. The molecular weight excluding hydrogens is 481 g/mol. The molecule has 1 aliphatic rings. The number of benzene rings is 3. The SMILES string of the molecule is O=C(Nc1ccc2c(c1)CCN(CCc1cccs1)C2)c1ccccc1-c1ccc(C(F)(F)F)cc1. The van der Waals surface area contributed by atoms with Crippen LogP contribution >= 0.6 is 11.3 Å². The van der Waals surface area contributed by atoms with Gasteiger partial charge < -0.3 is 5.32 Å². The summed E-state index contributed by atoms with van der Waals surface area (Å²) < 4.78 is 38.8. The number of fused-ring (bicyclic) bond motifs is 1. The molecule has 3 nitrogen and oxygen atoms in total. The summed E-state index contributed by atoms with van der Waals surface area (Å²) in [4.78, 5) is 17.0. The van der Waals surface area contributed by atoms with E-state index in [9.17, 15) is 18.0 Å². The minimum atomic E-state index is -4.40. The van der Waals surface area contributed by atoms with Crippen molar-refractivity contribution >= 4 is 22.9 Å². The molecule has 0 saturated carbocycles. The van der Waals surface area contributed by atoms with Gasteiger partial charge in [-0.25, -0.2) is 0 Å². The van der Waals surface area contributed by atoms with E-state index in [1.165, 1.54) is 28.1 Å². The average molecular weight is 507 g/mol.